The molecule has 0 aromatic rings. The lowest BCUT2D eigenvalue weighted by molar-refractivity contribution is -0.150. The topological polar surface area (TPSA) is 35.5 Å². The summed E-state index contributed by atoms with van der Waals surface area (Å²) in [5.74, 6) is -0.0972. The minimum absolute atomic E-state index is 0.0972. The summed E-state index contributed by atoms with van der Waals surface area (Å²) in [6.45, 7) is 4.53. The molecule has 0 aromatic heterocycles. The summed E-state index contributed by atoms with van der Waals surface area (Å²) >= 11 is 0. The molecular weight excluding hydrogens is 204 g/mol. The van der Waals surface area contributed by atoms with Crippen LogP contribution in [-0.4, -0.2) is 25.8 Å². The average Bonchev–Trinajstić information content (AvgIpc) is 2.23. The average molecular weight is 230 g/mol. The van der Waals surface area contributed by atoms with Crippen molar-refractivity contribution in [1.29, 1.82) is 0 Å². The molecule has 0 aliphatic carbocycles. The lowest BCUT2D eigenvalue weighted by atomic mass is 10.1. The predicted molar refractivity (Wildman–Crippen MR) is 65.4 cm³/mol. The Balaban J connectivity index is 3.30. The maximum atomic E-state index is 11.3. The monoisotopic (exact) mass is 230 g/mol. The fourth-order valence-electron chi connectivity index (χ4n) is 1.60. The minimum Gasteiger partial charge on any atom is -0.460 e. The molecule has 0 aromatic carbocycles. The van der Waals surface area contributed by atoms with Gasteiger partial charge in [-0.25, -0.2) is 0 Å². The van der Waals surface area contributed by atoms with Gasteiger partial charge in [-0.15, -0.1) is 0 Å². The van der Waals surface area contributed by atoms with Crippen LogP contribution < -0.4 is 0 Å². The molecule has 0 amide bonds. The van der Waals surface area contributed by atoms with Gasteiger partial charge in [0.2, 0.25) is 0 Å². The van der Waals surface area contributed by atoms with E-state index >= 15 is 0 Å². The van der Waals surface area contributed by atoms with E-state index in [1.165, 1.54) is 25.7 Å². The van der Waals surface area contributed by atoms with Crippen molar-refractivity contribution >= 4 is 5.97 Å². The normalized spacial score (nSPS) is 12.4. The third-order valence-electron chi connectivity index (χ3n) is 2.47. The van der Waals surface area contributed by atoms with Gasteiger partial charge in [0.25, 0.3) is 0 Å². The van der Waals surface area contributed by atoms with Crippen LogP contribution >= 0.6 is 0 Å². The van der Waals surface area contributed by atoms with E-state index in [1.54, 1.807) is 7.11 Å². The van der Waals surface area contributed by atoms with Gasteiger partial charge in [-0.05, 0) is 13.3 Å². The Morgan fingerprint density at radius 1 is 1.12 bits per heavy atom. The largest absolute Gasteiger partial charge is 0.460 e. The summed E-state index contributed by atoms with van der Waals surface area (Å²) in [7, 11) is 1.61. The molecule has 3 heteroatoms. The highest BCUT2D eigenvalue weighted by atomic mass is 16.6. The van der Waals surface area contributed by atoms with Crippen LogP contribution in [0.3, 0.4) is 0 Å². The summed E-state index contributed by atoms with van der Waals surface area (Å²) < 4.78 is 10.1. The van der Waals surface area contributed by atoms with Crippen molar-refractivity contribution in [2.45, 2.75) is 64.9 Å². The fraction of sp³-hybridized carbons (Fsp3) is 0.923. The molecule has 1 atom stereocenters. The first kappa shape index (κ1) is 15.4. The Morgan fingerprint density at radius 2 is 1.75 bits per heavy atom. The van der Waals surface area contributed by atoms with Crippen LogP contribution in [0.15, 0.2) is 0 Å². The van der Waals surface area contributed by atoms with Crippen molar-refractivity contribution in [3.05, 3.63) is 0 Å². The van der Waals surface area contributed by atoms with E-state index in [0.29, 0.717) is 13.0 Å². The lowest BCUT2D eigenvalue weighted by Gasteiger charge is -2.11. The molecule has 0 rings (SSSR count). The number of unbranched alkanes of at least 4 members (excludes halogenated alkanes) is 5. The zero-order valence-electron chi connectivity index (χ0n) is 11.0. The number of esters is 1. The highest BCUT2D eigenvalue weighted by Crippen LogP contribution is 2.08. The van der Waals surface area contributed by atoms with Gasteiger partial charge in [0, 0.05) is 13.5 Å². The summed E-state index contributed by atoms with van der Waals surface area (Å²) in [6.07, 6.45) is 7.57. The van der Waals surface area contributed by atoms with Crippen LogP contribution in [0.25, 0.3) is 0 Å². The molecule has 0 fully saturated rings. The summed E-state index contributed by atoms with van der Waals surface area (Å²) in [6, 6.07) is 0. The molecule has 0 heterocycles. The van der Waals surface area contributed by atoms with E-state index in [0.717, 1.165) is 12.8 Å². The molecule has 0 bridgehead atoms. The molecule has 0 saturated carbocycles. The Bertz CT molecular complexity index is 169. The second-order valence-electron chi connectivity index (χ2n) is 4.27. The zero-order chi connectivity index (χ0) is 12.2. The van der Waals surface area contributed by atoms with Gasteiger partial charge in [0.05, 0.1) is 6.61 Å². The quantitative estimate of drug-likeness (QED) is 0.426. The number of hydrogen-bond acceptors (Lipinski definition) is 3. The van der Waals surface area contributed by atoms with E-state index in [4.69, 9.17) is 9.47 Å². The molecule has 96 valence electrons. The standard InChI is InChI=1S/C13H26O3/c1-4-5-6-7-8-9-10-13(14)16-12(2)11-15-3/h12H,4-11H2,1-3H3. The second kappa shape index (κ2) is 10.9. The maximum Gasteiger partial charge on any atom is 0.306 e. The lowest BCUT2D eigenvalue weighted by Crippen LogP contribution is -2.19. The van der Waals surface area contributed by atoms with E-state index in [2.05, 4.69) is 6.92 Å². The van der Waals surface area contributed by atoms with Gasteiger partial charge in [-0.3, -0.25) is 4.79 Å². The van der Waals surface area contributed by atoms with E-state index in [-0.39, 0.29) is 12.1 Å². The van der Waals surface area contributed by atoms with Gasteiger partial charge < -0.3 is 9.47 Å². The van der Waals surface area contributed by atoms with Crippen molar-refractivity contribution in [2.75, 3.05) is 13.7 Å². The van der Waals surface area contributed by atoms with Crippen molar-refractivity contribution in [3.63, 3.8) is 0 Å². The Morgan fingerprint density at radius 3 is 2.38 bits per heavy atom. The Kier molecular flexibility index (Phi) is 10.5. The summed E-state index contributed by atoms with van der Waals surface area (Å²) in [5.41, 5.74) is 0. The molecular formula is C13H26O3. The van der Waals surface area contributed by atoms with Crippen LogP contribution in [-0.2, 0) is 14.3 Å². The van der Waals surface area contributed by atoms with Crippen LogP contribution in [0.4, 0.5) is 0 Å². The SMILES string of the molecule is CCCCCCCCC(=O)OC(C)COC. The van der Waals surface area contributed by atoms with Crippen LogP contribution in [0.2, 0.25) is 0 Å². The number of carbonyl (C=O) groups is 1. The summed E-state index contributed by atoms with van der Waals surface area (Å²) in [5, 5.41) is 0. The third kappa shape index (κ3) is 9.97. The molecule has 0 spiro atoms. The first-order valence-electron chi connectivity index (χ1n) is 6.39. The summed E-state index contributed by atoms with van der Waals surface area (Å²) in [4.78, 5) is 11.3. The highest BCUT2D eigenvalue weighted by molar-refractivity contribution is 5.69. The molecule has 1 unspecified atom stereocenters. The number of methoxy groups -OCH3 is 1. The van der Waals surface area contributed by atoms with Gasteiger partial charge in [-0.2, -0.15) is 0 Å². The van der Waals surface area contributed by atoms with Gasteiger partial charge >= 0.3 is 5.97 Å². The molecule has 0 radical (unpaired) electrons. The zero-order valence-corrected chi connectivity index (χ0v) is 11.0. The van der Waals surface area contributed by atoms with Crippen LogP contribution in [0, 0.1) is 0 Å². The van der Waals surface area contributed by atoms with Gasteiger partial charge in [-0.1, -0.05) is 39.0 Å². The van der Waals surface area contributed by atoms with Crippen LogP contribution in [0.1, 0.15) is 58.8 Å². The number of carbonyl (C=O) groups excluding carboxylic acids is 1. The van der Waals surface area contributed by atoms with Crippen molar-refractivity contribution in [2.24, 2.45) is 0 Å². The molecule has 0 aliphatic heterocycles. The Labute approximate surface area is 99.5 Å². The molecule has 16 heavy (non-hydrogen) atoms. The number of ether oxygens (including phenoxy) is 2. The van der Waals surface area contributed by atoms with Crippen molar-refractivity contribution < 1.29 is 14.3 Å². The highest BCUT2D eigenvalue weighted by Gasteiger charge is 2.08. The molecule has 0 N–H and O–H groups in total. The second-order valence-corrected chi connectivity index (χ2v) is 4.27. The van der Waals surface area contributed by atoms with Gasteiger partial charge in [0.15, 0.2) is 0 Å². The van der Waals surface area contributed by atoms with E-state index < -0.39 is 0 Å². The number of rotatable bonds is 10. The maximum absolute atomic E-state index is 11.3. The fourth-order valence-corrected chi connectivity index (χ4v) is 1.60. The Hall–Kier alpha value is -0.570. The van der Waals surface area contributed by atoms with Crippen molar-refractivity contribution in [3.8, 4) is 0 Å². The van der Waals surface area contributed by atoms with E-state index in [1.807, 2.05) is 6.92 Å². The first-order valence-corrected chi connectivity index (χ1v) is 6.39. The smallest absolute Gasteiger partial charge is 0.306 e. The van der Waals surface area contributed by atoms with Crippen LogP contribution in [0.5, 0.6) is 0 Å². The predicted octanol–water partition coefficient (Wildman–Crippen LogP) is 3.32. The molecule has 0 aliphatic rings. The first-order chi connectivity index (χ1) is 7.70. The van der Waals surface area contributed by atoms with Gasteiger partial charge in [0.1, 0.15) is 6.10 Å². The molecule has 0 saturated heterocycles. The third-order valence-corrected chi connectivity index (χ3v) is 2.47. The van der Waals surface area contributed by atoms with E-state index in [9.17, 15) is 4.79 Å². The molecule has 3 nitrogen and oxygen atoms in total. The number of hydrogen-bond donors (Lipinski definition) is 0. The minimum atomic E-state index is -0.127. The van der Waals surface area contributed by atoms with Crippen molar-refractivity contribution in [1.82, 2.24) is 0 Å².